The fraction of sp³-hybridized carbons (Fsp3) is 0.667. The lowest BCUT2D eigenvalue weighted by Gasteiger charge is -2.29. The second-order valence-corrected chi connectivity index (χ2v) is 12.5. The maximum absolute atomic E-state index is 2.42. The molecule has 4 rings (SSSR count). The topological polar surface area (TPSA) is 0 Å². The Labute approximate surface area is 223 Å². The number of unbranched alkanes of at least 4 members (excludes halogenated alkanes) is 4. The first kappa shape index (κ1) is 27.5. The second kappa shape index (κ2) is 15.0. The van der Waals surface area contributed by atoms with Gasteiger partial charge in [-0.25, -0.2) is 0 Å². The normalized spacial score (nSPS) is 24.6. The molecular formula is C36H54. The van der Waals surface area contributed by atoms with Gasteiger partial charge in [0.1, 0.15) is 0 Å². The van der Waals surface area contributed by atoms with E-state index >= 15 is 0 Å². The van der Waals surface area contributed by atoms with E-state index in [1.807, 2.05) is 0 Å². The number of rotatable bonds is 13. The summed E-state index contributed by atoms with van der Waals surface area (Å²) in [5.74, 6) is 3.78. The van der Waals surface area contributed by atoms with E-state index in [2.05, 4.69) is 62.4 Å². The summed E-state index contributed by atoms with van der Waals surface area (Å²) in [4.78, 5) is 0. The van der Waals surface area contributed by atoms with Crippen LogP contribution >= 0.6 is 0 Å². The van der Waals surface area contributed by atoms with Crippen LogP contribution in [-0.4, -0.2) is 0 Å². The van der Waals surface area contributed by atoms with Crippen LogP contribution in [0, 0.1) is 17.8 Å². The van der Waals surface area contributed by atoms with Gasteiger partial charge in [-0.1, -0.05) is 139 Å². The van der Waals surface area contributed by atoms with Crippen LogP contribution in [-0.2, 0) is 6.42 Å². The molecule has 0 spiro atoms. The Bertz CT molecular complexity index is 829. The second-order valence-electron chi connectivity index (χ2n) is 12.5. The van der Waals surface area contributed by atoms with Crippen LogP contribution in [0.25, 0.3) is 11.1 Å². The maximum atomic E-state index is 2.42. The molecule has 2 aliphatic carbocycles. The molecule has 2 aromatic carbocycles. The Morgan fingerprint density at radius 3 is 1.44 bits per heavy atom. The van der Waals surface area contributed by atoms with Gasteiger partial charge < -0.3 is 0 Å². The predicted octanol–water partition coefficient (Wildman–Crippen LogP) is 11.5. The fourth-order valence-corrected chi connectivity index (χ4v) is 7.14. The molecule has 0 atom stereocenters. The van der Waals surface area contributed by atoms with Crippen molar-refractivity contribution in [2.24, 2.45) is 17.8 Å². The molecule has 36 heavy (non-hydrogen) atoms. The van der Waals surface area contributed by atoms with E-state index in [0.29, 0.717) is 0 Å². The van der Waals surface area contributed by atoms with Crippen LogP contribution in [0.15, 0.2) is 48.5 Å². The van der Waals surface area contributed by atoms with Crippen molar-refractivity contribution in [2.75, 3.05) is 0 Å². The van der Waals surface area contributed by atoms with Gasteiger partial charge in [0.15, 0.2) is 0 Å². The van der Waals surface area contributed by atoms with Crippen LogP contribution in [0.1, 0.15) is 140 Å². The summed E-state index contributed by atoms with van der Waals surface area (Å²) in [5.41, 5.74) is 5.84. The third-order valence-electron chi connectivity index (χ3n) is 9.76. The number of hydrogen-bond donors (Lipinski definition) is 0. The maximum Gasteiger partial charge on any atom is -0.0162 e. The van der Waals surface area contributed by atoms with Crippen LogP contribution in [0.4, 0.5) is 0 Å². The average Bonchev–Trinajstić information content (AvgIpc) is 2.94. The largest absolute Gasteiger partial charge is 0.0654 e. The number of aryl methyl sites for hydroxylation is 1. The minimum absolute atomic E-state index is 0.787. The summed E-state index contributed by atoms with van der Waals surface area (Å²) >= 11 is 0. The zero-order valence-electron chi connectivity index (χ0n) is 23.7. The van der Waals surface area contributed by atoms with Crippen molar-refractivity contribution >= 4 is 0 Å². The molecule has 0 aliphatic heterocycles. The van der Waals surface area contributed by atoms with Gasteiger partial charge >= 0.3 is 0 Å². The molecule has 0 amide bonds. The quantitative estimate of drug-likeness (QED) is 0.247. The lowest BCUT2D eigenvalue weighted by atomic mass is 9.77. The Morgan fingerprint density at radius 1 is 0.500 bits per heavy atom. The summed E-state index contributed by atoms with van der Waals surface area (Å²) in [7, 11) is 0. The summed E-state index contributed by atoms with van der Waals surface area (Å²) in [5, 5.41) is 0. The SMILES string of the molecule is CCCCC[C@H]1CC[C@H](CCc2ccc(-c3ccc([C@H]4CC[C@H](CCCCC)CC4)cc3)cc2)CC1. The van der Waals surface area contributed by atoms with Crippen molar-refractivity contribution in [3.63, 3.8) is 0 Å². The number of benzene rings is 2. The highest BCUT2D eigenvalue weighted by Gasteiger charge is 2.22. The molecule has 0 N–H and O–H groups in total. The monoisotopic (exact) mass is 486 g/mol. The summed E-state index contributed by atoms with van der Waals surface area (Å²) in [6.45, 7) is 4.64. The Hall–Kier alpha value is -1.56. The van der Waals surface area contributed by atoms with Crippen molar-refractivity contribution in [3.8, 4) is 11.1 Å². The molecular weight excluding hydrogens is 432 g/mol. The minimum atomic E-state index is 0.787. The molecule has 0 unspecified atom stereocenters. The van der Waals surface area contributed by atoms with Gasteiger partial charge in [0.2, 0.25) is 0 Å². The fourth-order valence-electron chi connectivity index (χ4n) is 7.14. The van der Waals surface area contributed by atoms with Gasteiger partial charge in [0.25, 0.3) is 0 Å². The lowest BCUT2D eigenvalue weighted by Crippen LogP contribution is -2.15. The van der Waals surface area contributed by atoms with E-state index < -0.39 is 0 Å². The van der Waals surface area contributed by atoms with Gasteiger partial charge in [0.05, 0.1) is 0 Å². The highest BCUT2D eigenvalue weighted by atomic mass is 14.3. The molecule has 2 aliphatic rings. The van der Waals surface area contributed by atoms with Gasteiger partial charge in [-0.05, 0) is 84.5 Å². The van der Waals surface area contributed by atoms with E-state index in [4.69, 9.17) is 0 Å². The summed E-state index contributed by atoms with van der Waals surface area (Å²) in [6, 6.07) is 19.1. The first-order valence-corrected chi connectivity index (χ1v) is 15.9. The van der Waals surface area contributed by atoms with E-state index in [0.717, 1.165) is 23.7 Å². The Kier molecular flexibility index (Phi) is 11.4. The molecule has 198 valence electrons. The van der Waals surface area contributed by atoms with E-state index in [1.54, 1.807) is 5.56 Å². The van der Waals surface area contributed by atoms with E-state index in [9.17, 15) is 0 Å². The summed E-state index contributed by atoms with van der Waals surface area (Å²) < 4.78 is 0. The van der Waals surface area contributed by atoms with E-state index in [1.165, 1.54) is 132 Å². The van der Waals surface area contributed by atoms with Gasteiger partial charge in [0, 0.05) is 0 Å². The smallest absolute Gasteiger partial charge is 0.0162 e. The Balaban J connectivity index is 1.19. The first-order valence-electron chi connectivity index (χ1n) is 15.9. The lowest BCUT2D eigenvalue weighted by molar-refractivity contribution is 0.249. The van der Waals surface area contributed by atoms with Crippen molar-refractivity contribution < 1.29 is 0 Å². The van der Waals surface area contributed by atoms with Gasteiger partial charge in [-0.3, -0.25) is 0 Å². The standard InChI is InChI=1S/C36H54/c1-3-5-7-9-29-11-13-31(14-12-29)15-16-32-19-23-34(24-20-32)36-27-25-35(26-28-36)33-21-17-30(18-22-33)10-8-6-4-2/h19-20,23-31,33H,3-18,21-22H2,1-2H3/t29-,30-,31-,33-. The molecule has 0 heterocycles. The highest BCUT2D eigenvalue weighted by Crippen LogP contribution is 2.38. The van der Waals surface area contributed by atoms with Crippen LogP contribution < -0.4 is 0 Å². The molecule has 0 saturated heterocycles. The minimum Gasteiger partial charge on any atom is -0.0654 e. The van der Waals surface area contributed by atoms with Crippen molar-refractivity contribution in [3.05, 3.63) is 59.7 Å². The molecule has 0 heteroatoms. The molecule has 2 fully saturated rings. The Morgan fingerprint density at radius 2 is 0.944 bits per heavy atom. The van der Waals surface area contributed by atoms with Crippen LogP contribution in [0.2, 0.25) is 0 Å². The first-order chi connectivity index (χ1) is 17.7. The number of hydrogen-bond acceptors (Lipinski definition) is 0. The molecule has 2 aromatic rings. The van der Waals surface area contributed by atoms with Crippen LogP contribution in [0.5, 0.6) is 0 Å². The summed E-state index contributed by atoms with van der Waals surface area (Å²) in [6.07, 6.45) is 25.7. The van der Waals surface area contributed by atoms with Crippen molar-refractivity contribution in [1.82, 2.24) is 0 Å². The third-order valence-corrected chi connectivity index (χ3v) is 9.76. The zero-order chi connectivity index (χ0) is 25.0. The van der Waals surface area contributed by atoms with E-state index in [-0.39, 0.29) is 0 Å². The molecule has 0 bridgehead atoms. The highest BCUT2D eigenvalue weighted by molar-refractivity contribution is 5.64. The molecule has 0 radical (unpaired) electrons. The van der Waals surface area contributed by atoms with Crippen molar-refractivity contribution in [2.45, 2.75) is 135 Å². The molecule has 0 aromatic heterocycles. The zero-order valence-corrected chi connectivity index (χ0v) is 23.7. The molecule has 0 nitrogen and oxygen atoms in total. The van der Waals surface area contributed by atoms with Gasteiger partial charge in [-0.2, -0.15) is 0 Å². The molecule has 2 saturated carbocycles. The third kappa shape index (κ3) is 8.49. The average molecular weight is 487 g/mol. The van der Waals surface area contributed by atoms with Crippen LogP contribution in [0.3, 0.4) is 0 Å². The predicted molar refractivity (Wildman–Crippen MR) is 159 cm³/mol. The van der Waals surface area contributed by atoms with Gasteiger partial charge in [-0.15, -0.1) is 0 Å². The van der Waals surface area contributed by atoms with Crippen molar-refractivity contribution in [1.29, 1.82) is 0 Å².